The fourth-order valence-corrected chi connectivity index (χ4v) is 2.53. The van der Waals surface area contributed by atoms with Crippen LogP contribution in [0.15, 0.2) is 42.6 Å². The molecule has 4 nitrogen and oxygen atoms in total. The average molecular weight is 280 g/mol. The minimum atomic E-state index is -0.103. The first-order chi connectivity index (χ1) is 10.1. The molecule has 4 heteroatoms. The number of fused-ring (bicyclic) bond motifs is 1. The molecule has 0 spiro atoms. The van der Waals surface area contributed by atoms with Crippen LogP contribution in [0, 0.1) is 6.92 Å². The maximum absolute atomic E-state index is 12.8. The number of rotatable bonds is 3. The van der Waals surface area contributed by atoms with E-state index in [-0.39, 0.29) is 5.78 Å². The molecule has 0 saturated carbocycles. The van der Waals surface area contributed by atoms with Crippen molar-refractivity contribution in [2.45, 2.75) is 6.92 Å². The Hall–Kier alpha value is -2.75. The molecule has 21 heavy (non-hydrogen) atoms. The second-order valence-corrected chi connectivity index (χ2v) is 5.01. The summed E-state index contributed by atoms with van der Waals surface area (Å²) in [6.07, 6.45) is 1.73. The number of nitrogens with one attached hydrogen (secondary N) is 1. The first-order valence-electron chi connectivity index (χ1n) is 6.66. The van der Waals surface area contributed by atoms with Gasteiger partial charge in [-0.15, -0.1) is 0 Å². The largest absolute Gasteiger partial charge is 0.494 e. The topological polar surface area (TPSA) is 68.1 Å². The number of benzene rings is 2. The molecular weight excluding hydrogens is 264 g/mol. The van der Waals surface area contributed by atoms with Crippen LogP contribution in [-0.2, 0) is 0 Å². The quantitative estimate of drug-likeness (QED) is 0.571. The monoisotopic (exact) mass is 280 g/mol. The molecule has 0 bridgehead atoms. The third-order valence-corrected chi connectivity index (χ3v) is 3.58. The first kappa shape index (κ1) is 13.2. The van der Waals surface area contributed by atoms with Gasteiger partial charge in [-0.2, -0.15) is 0 Å². The van der Waals surface area contributed by atoms with E-state index in [1.54, 1.807) is 24.4 Å². The lowest BCUT2D eigenvalue weighted by Gasteiger charge is -2.09. The van der Waals surface area contributed by atoms with Crippen LogP contribution < -0.4 is 10.5 Å². The van der Waals surface area contributed by atoms with E-state index < -0.39 is 0 Å². The lowest BCUT2D eigenvalue weighted by atomic mass is 10.0. The summed E-state index contributed by atoms with van der Waals surface area (Å²) in [5, 5.41) is 0.898. The predicted octanol–water partition coefficient (Wildman–Crippen LogP) is 3.30. The Kier molecular flexibility index (Phi) is 3.14. The fraction of sp³-hybridized carbons (Fsp3) is 0.118. The third kappa shape index (κ3) is 2.14. The zero-order chi connectivity index (χ0) is 15.0. The second-order valence-electron chi connectivity index (χ2n) is 5.01. The van der Waals surface area contributed by atoms with E-state index in [9.17, 15) is 4.79 Å². The molecular formula is C17H16N2O2. The molecule has 0 unspecified atom stereocenters. The van der Waals surface area contributed by atoms with Gasteiger partial charge in [0.25, 0.3) is 0 Å². The third-order valence-electron chi connectivity index (χ3n) is 3.58. The molecule has 2 aromatic carbocycles. The number of ether oxygens (including phenoxy) is 1. The van der Waals surface area contributed by atoms with Gasteiger partial charge >= 0.3 is 0 Å². The molecule has 0 atom stereocenters. The van der Waals surface area contributed by atoms with Gasteiger partial charge in [-0.05, 0) is 30.7 Å². The Balaban J connectivity index is 2.15. The Morgan fingerprint density at radius 3 is 2.76 bits per heavy atom. The molecule has 0 radical (unpaired) electrons. The van der Waals surface area contributed by atoms with E-state index in [4.69, 9.17) is 10.5 Å². The molecule has 0 fully saturated rings. The minimum absolute atomic E-state index is 0.103. The molecule has 3 N–H and O–H groups in total. The van der Waals surface area contributed by atoms with Crippen LogP contribution in [0.4, 0.5) is 5.69 Å². The Bertz CT molecular complexity index is 834. The van der Waals surface area contributed by atoms with Crippen LogP contribution in [0.5, 0.6) is 5.75 Å². The summed E-state index contributed by atoms with van der Waals surface area (Å²) >= 11 is 0. The second kappa shape index (κ2) is 4.98. The van der Waals surface area contributed by atoms with E-state index in [0.29, 0.717) is 22.6 Å². The molecule has 3 aromatic rings. The fourth-order valence-electron chi connectivity index (χ4n) is 2.53. The normalized spacial score (nSPS) is 10.8. The number of hydrogen-bond donors (Lipinski definition) is 2. The molecule has 0 amide bonds. The van der Waals surface area contributed by atoms with Gasteiger partial charge in [-0.1, -0.05) is 18.2 Å². The lowest BCUT2D eigenvalue weighted by molar-refractivity contribution is 0.103. The molecule has 1 aromatic heterocycles. The first-order valence-corrected chi connectivity index (χ1v) is 6.66. The van der Waals surface area contributed by atoms with Crippen LogP contribution in [0.3, 0.4) is 0 Å². The van der Waals surface area contributed by atoms with Gasteiger partial charge in [0.1, 0.15) is 0 Å². The van der Waals surface area contributed by atoms with Crippen molar-refractivity contribution in [1.82, 2.24) is 4.98 Å². The summed E-state index contributed by atoms with van der Waals surface area (Å²) in [6, 6.07) is 11.2. The Labute approximate surface area is 122 Å². The molecule has 106 valence electrons. The van der Waals surface area contributed by atoms with E-state index >= 15 is 0 Å². The molecule has 3 rings (SSSR count). The van der Waals surface area contributed by atoms with Crippen molar-refractivity contribution >= 4 is 22.4 Å². The summed E-state index contributed by atoms with van der Waals surface area (Å²) in [7, 11) is 1.51. The van der Waals surface area contributed by atoms with Crippen LogP contribution in [-0.4, -0.2) is 17.9 Å². The number of carbonyl (C=O) groups is 1. The summed E-state index contributed by atoms with van der Waals surface area (Å²) in [5.74, 6) is 0.318. The highest BCUT2D eigenvalue weighted by atomic mass is 16.5. The number of aromatic amines is 1. The number of nitrogens with two attached hydrogens (primary N) is 1. The van der Waals surface area contributed by atoms with E-state index in [0.717, 1.165) is 16.5 Å². The van der Waals surface area contributed by atoms with E-state index in [1.807, 2.05) is 25.1 Å². The average Bonchev–Trinajstić information content (AvgIpc) is 2.89. The highest BCUT2D eigenvalue weighted by molar-refractivity contribution is 6.18. The van der Waals surface area contributed by atoms with Gasteiger partial charge in [0, 0.05) is 22.7 Å². The van der Waals surface area contributed by atoms with E-state index in [2.05, 4.69) is 4.98 Å². The molecule has 0 saturated heterocycles. The lowest BCUT2D eigenvalue weighted by Crippen LogP contribution is -2.05. The van der Waals surface area contributed by atoms with Gasteiger partial charge in [-0.25, -0.2) is 0 Å². The highest BCUT2D eigenvalue weighted by Crippen LogP contribution is 2.30. The zero-order valence-corrected chi connectivity index (χ0v) is 11.9. The molecule has 0 aliphatic rings. The van der Waals surface area contributed by atoms with Gasteiger partial charge in [0.05, 0.1) is 18.4 Å². The zero-order valence-electron chi connectivity index (χ0n) is 11.9. The number of para-hydroxylation sites is 1. The minimum Gasteiger partial charge on any atom is -0.494 e. The van der Waals surface area contributed by atoms with Gasteiger partial charge in [-0.3, -0.25) is 4.79 Å². The summed E-state index contributed by atoms with van der Waals surface area (Å²) in [6.45, 7) is 2.02. The summed E-state index contributed by atoms with van der Waals surface area (Å²) in [4.78, 5) is 15.9. The van der Waals surface area contributed by atoms with Crippen molar-refractivity contribution in [2.24, 2.45) is 0 Å². The number of H-pyrrole nitrogens is 1. The Morgan fingerprint density at radius 2 is 2.00 bits per heavy atom. The molecule has 1 heterocycles. The van der Waals surface area contributed by atoms with Gasteiger partial charge in [0.2, 0.25) is 0 Å². The Morgan fingerprint density at radius 1 is 1.19 bits per heavy atom. The van der Waals surface area contributed by atoms with Crippen molar-refractivity contribution < 1.29 is 9.53 Å². The van der Waals surface area contributed by atoms with Crippen molar-refractivity contribution in [3.63, 3.8) is 0 Å². The van der Waals surface area contributed by atoms with Crippen LogP contribution >= 0.6 is 0 Å². The molecule has 0 aliphatic carbocycles. The van der Waals surface area contributed by atoms with Crippen LogP contribution in [0.25, 0.3) is 10.9 Å². The van der Waals surface area contributed by atoms with Crippen molar-refractivity contribution in [3.05, 3.63) is 59.3 Å². The van der Waals surface area contributed by atoms with Crippen molar-refractivity contribution in [3.8, 4) is 5.75 Å². The van der Waals surface area contributed by atoms with Crippen molar-refractivity contribution in [1.29, 1.82) is 0 Å². The van der Waals surface area contributed by atoms with Crippen LogP contribution in [0.2, 0.25) is 0 Å². The number of anilines is 1. The maximum Gasteiger partial charge on any atom is 0.198 e. The van der Waals surface area contributed by atoms with Gasteiger partial charge in [0.15, 0.2) is 11.5 Å². The number of aryl methyl sites for hydroxylation is 1. The smallest absolute Gasteiger partial charge is 0.198 e. The predicted molar refractivity (Wildman–Crippen MR) is 83.9 cm³/mol. The van der Waals surface area contributed by atoms with Gasteiger partial charge < -0.3 is 15.5 Å². The maximum atomic E-state index is 12.8. The standard InChI is InChI=1S/C17H16N2O2/c1-10-6-7-11-13(9-19-15(11)8-10)16(20)12-4-3-5-14(18)17(12)21-2/h3-9,19H,18H2,1-2H3. The SMILES string of the molecule is COc1c(N)cccc1C(=O)c1c[nH]c2cc(C)ccc12. The van der Waals surface area contributed by atoms with Crippen molar-refractivity contribution in [2.75, 3.05) is 12.8 Å². The summed E-state index contributed by atoms with van der Waals surface area (Å²) in [5.41, 5.74) is 9.51. The highest BCUT2D eigenvalue weighted by Gasteiger charge is 2.19. The number of methoxy groups -OCH3 is 1. The number of hydrogen-bond acceptors (Lipinski definition) is 3. The number of nitrogen functional groups attached to an aromatic ring is 1. The number of carbonyl (C=O) groups excluding carboxylic acids is 1. The van der Waals surface area contributed by atoms with Crippen LogP contribution in [0.1, 0.15) is 21.5 Å². The number of ketones is 1. The molecule has 0 aliphatic heterocycles. The summed E-state index contributed by atoms with van der Waals surface area (Å²) < 4.78 is 5.27. The number of aromatic nitrogens is 1. The van der Waals surface area contributed by atoms with E-state index in [1.165, 1.54) is 7.11 Å².